The molecular formula is C28H38F5N3O6. The second-order valence-corrected chi connectivity index (χ2v) is 11.4. The number of hydrogen-bond donors (Lipinski definition) is 4. The molecule has 2 heterocycles. The highest BCUT2D eigenvalue weighted by Gasteiger charge is 2.42. The number of rotatable bonds is 9. The van der Waals surface area contributed by atoms with Gasteiger partial charge in [-0.15, -0.1) is 0 Å². The highest BCUT2D eigenvalue weighted by molar-refractivity contribution is 5.92. The topological polar surface area (TPSA) is 144 Å². The van der Waals surface area contributed by atoms with E-state index in [1.54, 1.807) is 11.0 Å². The second-order valence-electron chi connectivity index (χ2n) is 11.4. The minimum atomic E-state index is -5.08. The summed E-state index contributed by atoms with van der Waals surface area (Å²) in [5.41, 5.74) is 7.11. The molecule has 9 nitrogen and oxygen atoms in total. The van der Waals surface area contributed by atoms with Gasteiger partial charge >= 0.3 is 12.1 Å². The van der Waals surface area contributed by atoms with Crippen LogP contribution in [0.4, 0.5) is 22.0 Å². The third kappa shape index (κ3) is 9.08. The number of piperidine rings is 1. The van der Waals surface area contributed by atoms with Crippen LogP contribution < -0.4 is 5.73 Å². The van der Waals surface area contributed by atoms with E-state index in [2.05, 4.69) is 11.0 Å². The summed E-state index contributed by atoms with van der Waals surface area (Å²) in [7, 11) is 0. The fourth-order valence-electron chi connectivity index (χ4n) is 6.27. The Bertz CT molecular complexity index is 1080. The van der Waals surface area contributed by atoms with Gasteiger partial charge in [0, 0.05) is 50.1 Å². The number of primary amides is 1. The first kappa shape index (κ1) is 33.7. The molecule has 1 aromatic rings. The average Bonchev–Trinajstić information content (AvgIpc) is 3.16. The molecule has 0 spiro atoms. The molecule has 1 saturated carbocycles. The maximum Gasteiger partial charge on any atom is 0.490 e. The predicted molar refractivity (Wildman–Crippen MR) is 141 cm³/mol. The summed E-state index contributed by atoms with van der Waals surface area (Å²) in [6, 6.07) is 8.28. The number of carbonyl (C=O) groups excluding carboxylic acids is 2. The monoisotopic (exact) mass is 607 g/mol. The van der Waals surface area contributed by atoms with Crippen molar-refractivity contribution in [3.63, 3.8) is 0 Å². The summed E-state index contributed by atoms with van der Waals surface area (Å²) in [4.78, 5) is 37.3. The molecule has 2 unspecified atom stereocenters. The molecule has 236 valence electrons. The molecule has 1 aromatic carbocycles. The first-order valence-electron chi connectivity index (χ1n) is 14.0. The van der Waals surface area contributed by atoms with E-state index in [1.165, 1.54) is 0 Å². The van der Waals surface area contributed by atoms with Gasteiger partial charge in [0.2, 0.25) is 11.8 Å². The van der Waals surface area contributed by atoms with E-state index in [0.29, 0.717) is 56.0 Å². The number of carbonyl (C=O) groups is 3. The van der Waals surface area contributed by atoms with Crippen LogP contribution in [0.3, 0.4) is 0 Å². The molecule has 1 aliphatic carbocycles. The minimum absolute atomic E-state index is 0.0236. The van der Waals surface area contributed by atoms with Crippen LogP contribution in [0.5, 0.6) is 0 Å². The lowest BCUT2D eigenvalue weighted by Crippen LogP contribution is -2.50. The van der Waals surface area contributed by atoms with E-state index in [0.717, 1.165) is 31.2 Å². The fraction of sp³-hybridized carbons (Fsp3) is 0.679. The summed E-state index contributed by atoms with van der Waals surface area (Å²) >= 11 is 0. The number of carboxylic acids is 1. The Hall–Kier alpha value is -2.84. The van der Waals surface area contributed by atoms with Crippen LogP contribution in [0.25, 0.3) is 0 Å². The van der Waals surface area contributed by atoms with Crippen molar-refractivity contribution in [2.75, 3.05) is 26.2 Å². The number of hydrogen-bond acceptors (Lipinski definition) is 6. The summed E-state index contributed by atoms with van der Waals surface area (Å²) in [6.45, 7) is 0.727. The molecule has 5 N–H and O–H groups in total. The molecule has 14 heteroatoms. The van der Waals surface area contributed by atoms with Crippen molar-refractivity contribution >= 4 is 17.8 Å². The number of fused-ring (bicyclic) bond motifs is 2. The van der Waals surface area contributed by atoms with E-state index in [-0.39, 0.29) is 18.8 Å². The normalized spacial score (nSPS) is 24.8. The van der Waals surface area contributed by atoms with Crippen LogP contribution in [-0.4, -0.2) is 99.4 Å². The number of amides is 2. The van der Waals surface area contributed by atoms with Crippen molar-refractivity contribution in [1.29, 1.82) is 0 Å². The van der Waals surface area contributed by atoms with E-state index in [4.69, 9.17) is 15.6 Å². The van der Waals surface area contributed by atoms with Crippen LogP contribution in [0.1, 0.15) is 73.2 Å². The largest absolute Gasteiger partial charge is 0.490 e. The minimum Gasteiger partial charge on any atom is -0.475 e. The number of aliphatic hydroxyl groups excluding tert-OH is 2. The Morgan fingerprint density at radius 3 is 2.14 bits per heavy atom. The lowest BCUT2D eigenvalue weighted by molar-refractivity contribution is -0.192. The number of aliphatic carboxylic acids is 1. The Morgan fingerprint density at radius 1 is 1.07 bits per heavy atom. The first-order chi connectivity index (χ1) is 19.6. The number of aliphatic hydroxyl groups is 2. The highest BCUT2D eigenvalue weighted by atomic mass is 19.4. The quantitative estimate of drug-likeness (QED) is 0.316. The number of nitrogens with two attached hydrogens (primary N) is 1. The van der Waals surface area contributed by atoms with Crippen molar-refractivity contribution in [3.8, 4) is 0 Å². The Balaban J connectivity index is 0.000000616. The molecule has 2 saturated heterocycles. The third-order valence-electron chi connectivity index (χ3n) is 8.48. The molecule has 2 aliphatic heterocycles. The molecule has 42 heavy (non-hydrogen) atoms. The summed E-state index contributed by atoms with van der Waals surface area (Å²) in [5, 5.41) is 26.4. The number of alkyl halides is 5. The lowest BCUT2D eigenvalue weighted by atomic mass is 9.84. The molecule has 3 fully saturated rings. The van der Waals surface area contributed by atoms with Crippen LogP contribution in [0, 0.1) is 5.92 Å². The molecule has 3 aliphatic rings. The Morgan fingerprint density at radius 2 is 1.64 bits per heavy atom. The van der Waals surface area contributed by atoms with Gasteiger partial charge in [0.15, 0.2) is 6.10 Å². The van der Waals surface area contributed by atoms with Crippen molar-refractivity contribution in [2.45, 2.75) is 87.6 Å². The van der Waals surface area contributed by atoms with Crippen molar-refractivity contribution < 1.29 is 51.7 Å². The lowest BCUT2D eigenvalue weighted by Gasteiger charge is -2.41. The zero-order valence-electron chi connectivity index (χ0n) is 23.1. The van der Waals surface area contributed by atoms with Gasteiger partial charge in [-0.05, 0) is 68.1 Å². The van der Waals surface area contributed by atoms with Gasteiger partial charge < -0.3 is 26.0 Å². The van der Waals surface area contributed by atoms with Gasteiger partial charge in [-0.2, -0.15) is 13.2 Å². The van der Waals surface area contributed by atoms with Crippen molar-refractivity contribution in [2.24, 2.45) is 11.7 Å². The number of nitrogens with zero attached hydrogens (tertiary/aromatic N) is 2. The second kappa shape index (κ2) is 14.1. The third-order valence-corrected chi connectivity index (χ3v) is 8.48. The number of halogens is 5. The zero-order valence-corrected chi connectivity index (χ0v) is 23.1. The summed E-state index contributed by atoms with van der Waals surface area (Å²) < 4.78 is 58.9. The first-order valence-corrected chi connectivity index (χ1v) is 14.0. The van der Waals surface area contributed by atoms with Crippen molar-refractivity contribution in [1.82, 2.24) is 9.80 Å². The number of benzene rings is 1. The molecule has 3 atom stereocenters. The Labute approximate surface area is 240 Å². The average molecular weight is 608 g/mol. The predicted octanol–water partition coefficient (Wildman–Crippen LogP) is 3.14. The number of carboxylic acid groups (broad SMARTS) is 1. The van der Waals surface area contributed by atoms with Crippen LogP contribution in [0.15, 0.2) is 24.3 Å². The fourth-order valence-corrected chi connectivity index (χ4v) is 6.27. The van der Waals surface area contributed by atoms with Crippen LogP contribution in [0.2, 0.25) is 0 Å². The van der Waals surface area contributed by atoms with Crippen LogP contribution in [-0.2, 0) is 9.59 Å². The molecular weight excluding hydrogens is 569 g/mol. The van der Waals surface area contributed by atoms with Gasteiger partial charge in [-0.25, -0.2) is 13.6 Å². The Kier molecular flexibility index (Phi) is 11.3. The van der Waals surface area contributed by atoms with E-state index < -0.39 is 42.6 Å². The van der Waals surface area contributed by atoms with Gasteiger partial charge in [0.1, 0.15) is 0 Å². The van der Waals surface area contributed by atoms with E-state index in [9.17, 15) is 41.8 Å². The van der Waals surface area contributed by atoms with Crippen molar-refractivity contribution in [3.05, 3.63) is 35.4 Å². The maximum atomic E-state index is 13.6. The van der Waals surface area contributed by atoms with Gasteiger partial charge in [0.05, 0.1) is 6.61 Å². The van der Waals surface area contributed by atoms with E-state index in [1.807, 2.05) is 12.1 Å². The molecule has 2 bridgehead atoms. The molecule has 4 rings (SSSR count). The summed E-state index contributed by atoms with van der Waals surface area (Å²) in [5.74, 6) is -6.02. The van der Waals surface area contributed by atoms with E-state index >= 15 is 0 Å². The maximum absolute atomic E-state index is 13.6. The SMILES string of the molecule is NC(=O)c1cccc(C2CC3CCC(C2)N3CCN(CC2CCC(F)(F)CC2)C(=O)[C@@H](O)CO)c1.O=C(O)C(F)(F)F. The zero-order chi connectivity index (χ0) is 31.2. The van der Waals surface area contributed by atoms with Gasteiger partial charge in [-0.1, -0.05) is 12.1 Å². The van der Waals surface area contributed by atoms with Gasteiger partial charge in [-0.3, -0.25) is 14.5 Å². The smallest absolute Gasteiger partial charge is 0.475 e. The molecule has 0 radical (unpaired) electrons. The van der Waals surface area contributed by atoms with Gasteiger partial charge in [0.25, 0.3) is 5.91 Å². The highest BCUT2D eigenvalue weighted by Crippen LogP contribution is 2.43. The molecule has 0 aromatic heterocycles. The summed E-state index contributed by atoms with van der Waals surface area (Å²) in [6.07, 6.45) is -2.13. The standard InChI is InChI=1S/C26H37F2N3O4.C2HF3O2/c27-26(28)8-6-17(7-9-26)15-30(25(35)23(33)16-32)10-11-31-21-4-5-22(31)14-20(13-21)18-2-1-3-19(12-18)24(29)34;3-2(4,5)1(6)7/h1-3,12,17,20-23,32-33H,4-11,13-16H2,(H2,29,34);(H,6,7)/t20?,21?,22?,23-;/m0./s1. The molecule has 2 amide bonds. The van der Waals surface area contributed by atoms with Crippen LogP contribution >= 0.6 is 0 Å².